The second-order valence-corrected chi connectivity index (χ2v) is 13.5. The molecule has 0 saturated carbocycles. The molecule has 0 saturated heterocycles. The minimum absolute atomic E-state index is 0.0167. The summed E-state index contributed by atoms with van der Waals surface area (Å²) >= 11 is 0. The van der Waals surface area contributed by atoms with Crippen LogP contribution in [-0.4, -0.2) is 60.9 Å². The molecule has 2 amide bonds. The summed E-state index contributed by atoms with van der Waals surface area (Å²) in [5.41, 5.74) is 4.64. The van der Waals surface area contributed by atoms with Crippen molar-refractivity contribution in [1.29, 1.82) is 0 Å². The highest BCUT2D eigenvalue weighted by molar-refractivity contribution is 5.93. The van der Waals surface area contributed by atoms with Gasteiger partial charge in [-0.15, -0.1) is 0 Å². The normalized spacial score (nSPS) is 14.6. The van der Waals surface area contributed by atoms with Crippen LogP contribution in [0.5, 0.6) is 0 Å². The lowest BCUT2D eigenvalue weighted by Gasteiger charge is -2.27. The molecule has 0 aliphatic carbocycles. The summed E-state index contributed by atoms with van der Waals surface area (Å²) in [6.07, 6.45) is 2.37. The maximum atomic E-state index is 13.9. The molecule has 0 fully saturated rings. The molecule has 3 aromatic carbocycles. The van der Waals surface area contributed by atoms with Gasteiger partial charge in [0.1, 0.15) is 12.6 Å². The second-order valence-electron chi connectivity index (χ2n) is 13.5. The number of Topliss-reactive ketones (excluding diaryl/α,β-unsaturated/α-hetero) is 1. The summed E-state index contributed by atoms with van der Waals surface area (Å²) in [5, 5.41) is 5.76. The topological polar surface area (TPSA) is 91.0 Å². The number of benzene rings is 3. The Hall–Kier alpha value is -4.17. The van der Waals surface area contributed by atoms with Crippen molar-refractivity contribution in [3.63, 3.8) is 0 Å². The lowest BCUT2D eigenvalue weighted by Crippen LogP contribution is -2.53. The van der Waals surface area contributed by atoms with Gasteiger partial charge in [-0.05, 0) is 60.3 Å². The number of anilines is 1. The number of para-hydroxylation sites is 1. The highest BCUT2D eigenvalue weighted by Gasteiger charge is 2.30. The van der Waals surface area contributed by atoms with Crippen molar-refractivity contribution in [2.45, 2.75) is 78.6 Å². The van der Waals surface area contributed by atoms with E-state index in [1.807, 2.05) is 64.1 Å². The molecule has 2 atom stereocenters. The summed E-state index contributed by atoms with van der Waals surface area (Å²) < 4.78 is 5.40. The third-order valence-electron chi connectivity index (χ3n) is 8.47. The van der Waals surface area contributed by atoms with E-state index in [0.29, 0.717) is 19.4 Å². The fraction of sp³-hybridized carbons (Fsp3) is 0.462. The Labute approximate surface area is 280 Å². The Kier molecular flexibility index (Phi) is 13.8. The summed E-state index contributed by atoms with van der Waals surface area (Å²) in [4.78, 5) is 44.8. The van der Waals surface area contributed by atoms with Crippen LogP contribution in [-0.2, 0) is 33.9 Å². The van der Waals surface area contributed by atoms with Crippen LogP contribution in [0.4, 0.5) is 10.5 Å². The lowest BCUT2D eigenvalue weighted by atomic mass is 9.98. The number of nitrogens with zero attached hydrogens (tertiary/aromatic N) is 2. The van der Waals surface area contributed by atoms with Gasteiger partial charge in [-0.1, -0.05) is 107 Å². The molecular weight excluding hydrogens is 588 g/mol. The highest BCUT2D eigenvalue weighted by Crippen LogP contribution is 2.25. The van der Waals surface area contributed by atoms with Gasteiger partial charge in [0.05, 0.1) is 12.6 Å². The predicted octanol–water partition coefficient (Wildman–Crippen LogP) is 6.38. The van der Waals surface area contributed by atoms with Crippen molar-refractivity contribution in [2.24, 2.45) is 11.8 Å². The van der Waals surface area contributed by atoms with E-state index in [-0.39, 0.29) is 36.7 Å². The van der Waals surface area contributed by atoms with Gasteiger partial charge in [0.15, 0.2) is 5.78 Å². The van der Waals surface area contributed by atoms with E-state index in [0.717, 1.165) is 38.0 Å². The van der Waals surface area contributed by atoms with Gasteiger partial charge in [0, 0.05) is 31.9 Å². The number of carbonyl (C=O) groups excluding carboxylic acids is 3. The smallest absolute Gasteiger partial charge is 0.408 e. The zero-order valence-electron chi connectivity index (χ0n) is 28.5. The molecule has 0 unspecified atom stereocenters. The molecule has 0 radical (unpaired) electrons. The Morgan fingerprint density at radius 1 is 0.745 bits per heavy atom. The standard InChI is InChI=1S/C39H52N4O4/c1-29(2)24-34(40-38(45)35(25-30(3)4)41-39(46)47-28-32-16-9-6-10-17-32)37(44)27-42-22-23-43(36-20-12-11-19-33(36)26-42)21-13-18-31-14-7-5-8-15-31/h5-12,14-17,19-20,29-30,34-35H,13,18,21-28H2,1-4H3,(H,40,45)(H,41,46)/t34-,35-/m0/s1. The van der Waals surface area contributed by atoms with Gasteiger partial charge in [-0.2, -0.15) is 0 Å². The van der Waals surface area contributed by atoms with Crippen LogP contribution in [0.3, 0.4) is 0 Å². The molecule has 3 aromatic rings. The average Bonchev–Trinajstić information content (AvgIpc) is 3.22. The first-order valence-corrected chi connectivity index (χ1v) is 17.1. The molecule has 1 heterocycles. The quantitative estimate of drug-likeness (QED) is 0.189. The van der Waals surface area contributed by atoms with Crippen molar-refractivity contribution in [3.8, 4) is 0 Å². The lowest BCUT2D eigenvalue weighted by molar-refractivity contribution is -0.130. The molecule has 4 rings (SSSR count). The fourth-order valence-electron chi connectivity index (χ4n) is 6.10. The van der Waals surface area contributed by atoms with E-state index >= 15 is 0 Å². The van der Waals surface area contributed by atoms with Gasteiger partial charge in [0.2, 0.25) is 5.91 Å². The maximum Gasteiger partial charge on any atom is 0.408 e. The molecule has 0 aromatic heterocycles. The molecular formula is C39H52N4O4. The minimum Gasteiger partial charge on any atom is -0.445 e. The van der Waals surface area contributed by atoms with Gasteiger partial charge < -0.3 is 20.3 Å². The fourth-order valence-corrected chi connectivity index (χ4v) is 6.10. The van der Waals surface area contributed by atoms with Gasteiger partial charge >= 0.3 is 6.09 Å². The summed E-state index contributed by atoms with van der Waals surface area (Å²) in [5.74, 6) is -0.0361. The number of ketones is 1. The van der Waals surface area contributed by atoms with Crippen LogP contribution in [0.2, 0.25) is 0 Å². The monoisotopic (exact) mass is 640 g/mol. The largest absolute Gasteiger partial charge is 0.445 e. The van der Waals surface area contributed by atoms with Crippen LogP contribution in [0.25, 0.3) is 0 Å². The number of ether oxygens (including phenoxy) is 1. The number of fused-ring (bicyclic) bond motifs is 1. The first-order chi connectivity index (χ1) is 22.7. The highest BCUT2D eigenvalue weighted by atomic mass is 16.5. The van der Waals surface area contributed by atoms with Crippen LogP contribution in [0.15, 0.2) is 84.9 Å². The van der Waals surface area contributed by atoms with E-state index in [1.54, 1.807) is 0 Å². The number of hydrogen-bond donors (Lipinski definition) is 2. The average molecular weight is 641 g/mol. The molecule has 0 bridgehead atoms. The van der Waals surface area contributed by atoms with Gasteiger partial charge in [0.25, 0.3) is 0 Å². The number of carbonyl (C=O) groups is 3. The van der Waals surface area contributed by atoms with Crippen LogP contribution >= 0.6 is 0 Å². The number of alkyl carbamates (subject to hydrolysis) is 1. The minimum atomic E-state index is -0.810. The number of aryl methyl sites for hydroxylation is 1. The van der Waals surface area contributed by atoms with Crippen molar-refractivity contribution >= 4 is 23.5 Å². The first kappa shape index (κ1) is 35.7. The molecule has 8 heteroatoms. The molecule has 252 valence electrons. The molecule has 2 N–H and O–H groups in total. The zero-order valence-corrected chi connectivity index (χ0v) is 28.5. The number of amides is 2. The summed E-state index contributed by atoms with van der Waals surface area (Å²) in [6.45, 7) is 11.6. The predicted molar refractivity (Wildman–Crippen MR) is 188 cm³/mol. The van der Waals surface area contributed by atoms with E-state index in [4.69, 9.17) is 4.74 Å². The van der Waals surface area contributed by atoms with Crippen LogP contribution in [0, 0.1) is 11.8 Å². The van der Waals surface area contributed by atoms with Gasteiger partial charge in [-0.3, -0.25) is 14.5 Å². The molecule has 0 spiro atoms. The van der Waals surface area contributed by atoms with E-state index in [2.05, 4.69) is 69.0 Å². The number of rotatable bonds is 16. The van der Waals surface area contributed by atoms with E-state index in [9.17, 15) is 14.4 Å². The Bertz CT molecular complexity index is 1410. The Balaban J connectivity index is 1.37. The van der Waals surface area contributed by atoms with Crippen molar-refractivity contribution in [2.75, 3.05) is 31.1 Å². The molecule has 1 aliphatic heterocycles. The molecule has 1 aliphatic rings. The molecule has 47 heavy (non-hydrogen) atoms. The third-order valence-corrected chi connectivity index (χ3v) is 8.47. The maximum absolute atomic E-state index is 13.9. The number of nitrogens with one attached hydrogen (secondary N) is 2. The SMILES string of the molecule is CC(C)C[C@H](NC(=O)[C@H](CC(C)C)NC(=O)OCc1ccccc1)C(=O)CN1CCN(CCCc2ccccc2)c2ccccc2C1. The van der Waals surface area contributed by atoms with Crippen molar-refractivity contribution < 1.29 is 19.1 Å². The van der Waals surface area contributed by atoms with Crippen LogP contribution in [0.1, 0.15) is 63.6 Å². The van der Waals surface area contributed by atoms with Gasteiger partial charge in [-0.25, -0.2) is 4.79 Å². The van der Waals surface area contributed by atoms with E-state index < -0.39 is 18.2 Å². The zero-order chi connectivity index (χ0) is 33.6. The van der Waals surface area contributed by atoms with Crippen LogP contribution < -0.4 is 15.5 Å². The molecule has 8 nitrogen and oxygen atoms in total. The third kappa shape index (κ3) is 11.9. The Morgan fingerprint density at radius 2 is 1.36 bits per heavy atom. The Morgan fingerprint density at radius 3 is 2.04 bits per heavy atom. The summed E-state index contributed by atoms with van der Waals surface area (Å²) in [7, 11) is 0. The van der Waals surface area contributed by atoms with Crippen molar-refractivity contribution in [3.05, 3.63) is 102 Å². The second kappa shape index (κ2) is 18.2. The van der Waals surface area contributed by atoms with E-state index in [1.165, 1.54) is 16.8 Å². The van der Waals surface area contributed by atoms with Crippen molar-refractivity contribution in [1.82, 2.24) is 15.5 Å². The summed E-state index contributed by atoms with van der Waals surface area (Å²) in [6, 6.07) is 27.0. The first-order valence-electron chi connectivity index (χ1n) is 17.1. The number of hydrogen-bond acceptors (Lipinski definition) is 6.